The van der Waals surface area contributed by atoms with Crippen molar-refractivity contribution in [2.75, 3.05) is 19.6 Å². The van der Waals surface area contributed by atoms with Crippen LogP contribution in [0.1, 0.15) is 37.5 Å². The highest BCUT2D eigenvalue weighted by Gasteiger charge is 2.19. The first-order valence-corrected chi connectivity index (χ1v) is 8.17. The molecule has 1 aromatic rings. The summed E-state index contributed by atoms with van der Waals surface area (Å²) < 4.78 is 0. The molecule has 4 heteroatoms. The maximum atomic E-state index is 11.4. The van der Waals surface area contributed by atoms with Crippen molar-refractivity contribution in [1.82, 2.24) is 10.2 Å². The van der Waals surface area contributed by atoms with Gasteiger partial charge in [0.05, 0.1) is 0 Å². The fourth-order valence-electron chi connectivity index (χ4n) is 2.55. The Morgan fingerprint density at radius 2 is 2.26 bits per heavy atom. The number of nitrogens with zero attached hydrogens (tertiary/aromatic N) is 1. The van der Waals surface area contributed by atoms with E-state index in [0.717, 1.165) is 32.6 Å². The molecular weight excluding hydrogens is 256 g/mol. The van der Waals surface area contributed by atoms with Crippen molar-refractivity contribution in [3.05, 3.63) is 22.4 Å². The highest BCUT2D eigenvalue weighted by Crippen LogP contribution is 2.20. The molecule has 2 heterocycles. The Morgan fingerprint density at radius 1 is 1.47 bits per heavy atom. The summed E-state index contributed by atoms with van der Waals surface area (Å²) in [7, 11) is 0. The van der Waals surface area contributed by atoms with Gasteiger partial charge in [-0.3, -0.25) is 9.69 Å². The lowest BCUT2D eigenvalue weighted by atomic mass is 9.96. The lowest BCUT2D eigenvalue weighted by Gasteiger charge is -2.31. The molecule has 1 aliphatic heterocycles. The number of carbonyl (C=O) groups excluding carboxylic acids is 1. The number of thiophene rings is 1. The maximum absolute atomic E-state index is 11.4. The largest absolute Gasteiger partial charge is 0.356 e. The third-order valence-corrected chi connectivity index (χ3v) is 4.59. The van der Waals surface area contributed by atoms with Gasteiger partial charge in [-0.15, -0.1) is 11.3 Å². The number of likely N-dealkylation sites (tertiary alicyclic amines) is 1. The number of hydrogen-bond acceptors (Lipinski definition) is 3. The van der Waals surface area contributed by atoms with Gasteiger partial charge in [0.15, 0.2) is 0 Å². The highest BCUT2D eigenvalue weighted by molar-refractivity contribution is 7.09. The number of piperidine rings is 1. The van der Waals surface area contributed by atoms with Gasteiger partial charge in [-0.1, -0.05) is 13.0 Å². The number of nitrogens with one attached hydrogen (secondary N) is 1. The van der Waals surface area contributed by atoms with Crippen LogP contribution in [0.4, 0.5) is 0 Å². The van der Waals surface area contributed by atoms with Crippen molar-refractivity contribution < 1.29 is 4.79 Å². The van der Waals surface area contributed by atoms with Gasteiger partial charge in [0.2, 0.25) is 5.91 Å². The molecule has 1 fully saturated rings. The maximum Gasteiger partial charge on any atom is 0.219 e. The standard InChI is InChI=1S/C15H24N2OS/c1-2-4-15(18)16-11-13-6-8-17(9-7-13)12-14-5-3-10-19-14/h3,5,10,13H,2,4,6-9,11-12H2,1H3,(H,16,18). The molecule has 106 valence electrons. The minimum absolute atomic E-state index is 0.212. The molecule has 2 rings (SSSR count). The summed E-state index contributed by atoms with van der Waals surface area (Å²) in [6, 6.07) is 4.33. The lowest BCUT2D eigenvalue weighted by Crippen LogP contribution is -2.38. The van der Waals surface area contributed by atoms with Crippen LogP contribution in [0, 0.1) is 5.92 Å². The SMILES string of the molecule is CCCC(=O)NCC1CCN(Cc2cccs2)CC1. The van der Waals surface area contributed by atoms with Gasteiger partial charge in [-0.05, 0) is 49.7 Å². The average molecular weight is 280 g/mol. The first-order valence-electron chi connectivity index (χ1n) is 7.29. The Kier molecular flexibility index (Phi) is 5.86. The fraction of sp³-hybridized carbons (Fsp3) is 0.667. The van der Waals surface area contributed by atoms with E-state index in [0.29, 0.717) is 12.3 Å². The minimum Gasteiger partial charge on any atom is -0.356 e. The summed E-state index contributed by atoms with van der Waals surface area (Å²) >= 11 is 1.84. The van der Waals surface area contributed by atoms with Crippen LogP contribution in [0.2, 0.25) is 0 Å². The molecule has 1 amide bonds. The predicted octanol–water partition coefficient (Wildman–Crippen LogP) is 2.88. The third kappa shape index (κ3) is 4.96. The molecule has 0 aliphatic carbocycles. The van der Waals surface area contributed by atoms with Gasteiger partial charge >= 0.3 is 0 Å². The Bertz CT molecular complexity index is 370. The van der Waals surface area contributed by atoms with Crippen LogP contribution in [0.15, 0.2) is 17.5 Å². The number of carbonyl (C=O) groups is 1. The molecule has 1 aliphatic rings. The summed E-state index contributed by atoms with van der Waals surface area (Å²) in [6.45, 7) is 6.32. The third-order valence-electron chi connectivity index (χ3n) is 3.73. The molecule has 0 saturated carbocycles. The summed E-state index contributed by atoms with van der Waals surface area (Å²) in [6.07, 6.45) is 4.01. The van der Waals surface area contributed by atoms with Gasteiger partial charge in [0.25, 0.3) is 0 Å². The number of hydrogen-bond donors (Lipinski definition) is 1. The second kappa shape index (κ2) is 7.65. The molecular formula is C15H24N2OS. The first kappa shape index (κ1) is 14.5. The summed E-state index contributed by atoms with van der Waals surface area (Å²) in [5, 5.41) is 5.20. The minimum atomic E-state index is 0.212. The fourth-order valence-corrected chi connectivity index (χ4v) is 3.29. The quantitative estimate of drug-likeness (QED) is 0.869. The molecule has 1 aromatic heterocycles. The Balaban J connectivity index is 1.63. The summed E-state index contributed by atoms with van der Waals surface area (Å²) in [4.78, 5) is 15.4. The van der Waals surface area contributed by atoms with Crippen molar-refractivity contribution in [2.45, 2.75) is 39.2 Å². The van der Waals surface area contributed by atoms with E-state index in [2.05, 4.69) is 27.7 Å². The molecule has 0 atom stereocenters. The van der Waals surface area contributed by atoms with E-state index >= 15 is 0 Å². The van der Waals surface area contributed by atoms with Crippen LogP contribution in [-0.4, -0.2) is 30.4 Å². The van der Waals surface area contributed by atoms with E-state index in [1.54, 1.807) is 0 Å². The molecule has 0 aromatic carbocycles. The Morgan fingerprint density at radius 3 is 2.89 bits per heavy atom. The second-order valence-electron chi connectivity index (χ2n) is 5.35. The van der Waals surface area contributed by atoms with Gasteiger partial charge < -0.3 is 5.32 Å². The van der Waals surface area contributed by atoms with E-state index in [1.165, 1.54) is 17.7 Å². The lowest BCUT2D eigenvalue weighted by molar-refractivity contribution is -0.121. The normalized spacial score (nSPS) is 17.5. The van der Waals surface area contributed by atoms with E-state index in [1.807, 2.05) is 18.3 Å². The van der Waals surface area contributed by atoms with Gasteiger partial charge in [0.1, 0.15) is 0 Å². The number of amides is 1. The van der Waals surface area contributed by atoms with Gasteiger partial charge in [-0.25, -0.2) is 0 Å². The zero-order valence-electron chi connectivity index (χ0n) is 11.7. The molecule has 0 unspecified atom stereocenters. The van der Waals surface area contributed by atoms with Crippen molar-refractivity contribution >= 4 is 17.2 Å². The average Bonchev–Trinajstić information content (AvgIpc) is 2.91. The molecule has 1 saturated heterocycles. The second-order valence-corrected chi connectivity index (χ2v) is 6.39. The molecule has 0 radical (unpaired) electrons. The van der Waals surface area contributed by atoms with Gasteiger partial charge in [-0.2, -0.15) is 0 Å². The van der Waals surface area contributed by atoms with E-state index < -0.39 is 0 Å². The Hall–Kier alpha value is -0.870. The summed E-state index contributed by atoms with van der Waals surface area (Å²) in [5.74, 6) is 0.879. The molecule has 19 heavy (non-hydrogen) atoms. The van der Waals surface area contributed by atoms with Crippen molar-refractivity contribution in [3.8, 4) is 0 Å². The molecule has 3 nitrogen and oxygen atoms in total. The Labute approximate surface area is 120 Å². The molecule has 0 spiro atoms. The molecule has 0 bridgehead atoms. The zero-order valence-corrected chi connectivity index (χ0v) is 12.5. The monoisotopic (exact) mass is 280 g/mol. The number of rotatable bonds is 6. The van der Waals surface area contributed by atoms with Crippen molar-refractivity contribution in [3.63, 3.8) is 0 Å². The zero-order chi connectivity index (χ0) is 13.5. The van der Waals surface area contributed by atoms with Crippen molar-refractivity contribution in [2.24, 2.45) is 5.92 Å². The summed E-state index contributed by atoms with van der Waals surface area (Å²) in [5.41, 5.74) is 0. The molecule has 1 N–H and O–H groups in total. The van der Waals surface area contributed by atoms with Crippen LogP contribution < -0.4 is 5.32 Å². The van der Waals surface area contributed by atoms with Gasteiger partial charge in [0, 0.05) is 24.4 Å². The van der Waals surface area contributed by atoms with E-state index in [9.17, 15) is 4.79 Å². The van der Waals surface area contributed by atoms with E-state index in [-0.39, 0.29) is 5.91 Å². The van der Waals surface area contributed by atoms with Crippen molar-refractivity contribution in [1.29, 1.82) is 0 Å². The topological polar surface area (TPSA) is 32.3 Å². The smallest absolute Gasteiger partial charge is 0.219 e. The van der Waals surface area contributed by atoms with Crippen LogP contribution in [0.5, 0.6) is 0 Å². The van der Waals surface area contributed by atoms with E-state index in [4.69, 9.17) is 0 Å². The first-order chi connectivity index (χ1) is 9.28. The highest BCUT2D eigenvalue weighted by atomic mass is 32.1. The predicted molar refractivity (Wildman–Crippen MR) is 80.2 cm³/mol. The van der Waals surface area contributed by atoms with Crippen LogP contribution in [0.3, 0.4) is 0 Å². The van der Waals surface area contributed by atoms with Crippen LogP contribution in [0.25, 0.3) is 0 Å². The van der Waals surface area contributed by atoms with Crippen LogP contribution in [-0.2, 0) is 11.3 Å². The van der Waals surface area contributed by atoms with Crippen LogP contribution >= 0.6 is 11.3 Å².